The van der Waals surface area contributed by atoms with Gasteiger partial charge in [0.05, 0.1) is 49.1 Å². The van der Waals surface area contributed by atoms with Gasteiger partial charge in [-0.25, -0.2) is 0 Å². The summed E-state index contributed by atoms with van der Waals surface area (Å²) in [5.74, 6) is -1.95. The zero-order valence-corrected chi connectivity index (χ0v) is 24.3. The van der Waals surface area contributed by atoms with Crippen LogP contribution in [-0.2, 0) is 23.9 Å². The Balaban J connectivity index is 1.59. The van der Waals surface area contributed by atoms with Crippen LogP contribution in [-0.4, -0.2) is 118 Å². The van der Waals surface area contributed by atoms with Gasteiger partial charge in [0.1, 0.15) is 6.04 Å². The van der Waals surface area contributed by atoms with E-state index in [1.54, 1.807) is 34.6 Å². The number of esters is 1. The minimum absolute atomic E-state index is 0.130. The molecule has 0 saturated carbocycles. The second kappa shape index (κ2) is 12.7. The number of unbranched alkanes of at least 4 members (excludes halogenated alkanes) is 2. The lowest BCUT2D eigenvalue weighted by molar-refractivity contribution is -0.156. The second-order valence-electron chi connectivity index (χ2n) is 11.5. The molecular formula is C29H45N3O6S. The highest BCUT2D eigenvalue weighted by Gasteiger charge is 2.78. The molecule has 2 amide bonds. The van der Waals surface area contributed by atoms with Gasteiger partial charge in [0.15, 0.2) is 0 Å². The third-order valence-electron chi connectivity index (χ3n) is 8.94. The zero-order chi connectivity index (χ0) is 28.2. The monoisotopic (exact) mass is 563 g/mol. The Hall–Kier alpha value is -1.88. The molecule has 4 saturated heterocycles. The number of aliphatic hydroxyl groups is 1. The number of allylic oxidation sites excluding steroid dienone is 1. The molecule has 6 atom stereocenters. The minimum Gasteiger partial charge on any atom is -0.465 e. The van der Waals surface area contributed by atoms with Gasteiger partial charge in [-0.15, -0.1) is 24.9 Å². The summed E-state index contributed by atoms with van der Waals surface area (Å²) < 4.78 is 9.98. The molecule has 4 aliphatic rings. The van der Waals surface area contributed by atoms with Gasteiger partial charge in [-0.3, -0.25) is 19.3 Å². The maximum absolute atomic E-state index is 14.4. The Labute approximate surface area is 236 Å². The fourth-order valence-electron chi connectivity index (χ4n) is 6.92. The average Bonchev–Trinajstić information content (AvgIpc) is 3.51. The van der Waals surface area contributed by atoms with Gasteiger partial charge in [0.2, 0.25) is 11.8 Å². The van der Waals surface area contributed by atoms with E-state index in [0.717, 1.165) is 38.8 Å². The van der Waals surface area contributed by atoms with E-state index in [4.69, 9.17) is 9.47 Å². The van der Waals surface area contributed by atoms with E-state index in [1.165, 1.54) is 0 Å². The highest BCUT2D eigenvalue weighted by Crippen LogP contribution is 2.71. The summed E-state index contributed by atoms with van der Waals surface area (Å²) in [6.07, 6.45) is 7.47. The van der Waals surface area contributed by atoms with Crippen molar-refractivity contribution in [2.75, 3.05) is 59.2 Å². The van der Waals surface area contributed by atoms with Crippen molar-refractivity contribution in [3.05, 3.63) is 25.3 Å². The molecule has 218 valence electrons. The zero-order valence-electron chi connectivity index (χ0n) is 23.5. The summed E-state index contributed by atoms with van der Waals surface area (Å²) in [6.45, 7) is 16.1. The number of rotatable bonds is 14. The van der Waals surface area contributed by atoms with E-state index < -0.39 is 33.4 Å². The van der Waals surface area contributed by atoms with Crippen LogP contribution in [0.2, 0.25) is 0 Å². The second-order valence-corrected chi connectivity index (χ2v) is 13.4. The van der Waals surface area contributed by atoms with Crippen LogP contribution >= 0.6 is 11.8 Å². The number of aliphatic hydroxyl groups excluding tert-OH is 1. The molecule has 4 aliphatic heterocycles. The fourth-order valence-corrected chi connectivity index (χ4v) is 9.25. The number of thioether (sulfide) groups is 1. The first-order valence-corrected chi connectivity index (χ1v) is 15.2. The Morgan fingerprint density at radius 3 is 2.67 bits per heavy atom. The number of likely N-dealkylation sites (tertiary alicyclic amines) is 1. The molecule has 39 heavy (non-hydrogen) atoms. The molecule has 4 fully saturated rings. The predicted octanol–water partition coefficient (Wildman–Crippen LogP) is 2.09. The third-order valence-corrected chi connectivity index (χ3v) is 10.9. The lowest BCUT2D eigenvalue weighted by atomic mass is 9.66. The molecule has 10 heteroatoms. The molecule has 0 aromatic carbocycles. The van der Waals surface area contributed by atoms with Gasteiger partial charge in [-0.2, -0.15) is 0 Å². The predicted molar refractivity (Wildman–Crippen MR) is 151 cm³/mol. The molecule has 2 bridgehead atoms. The van der Waals surface area contributed by atoms with Crippen molar-refractivity contribution in [3.8, 4) is 0 Å². The summed E-state index contributed by atoms with van der Waals surface area (Å²) in [5, 5.41) is 10.1. The van der Waals surface area contributed by atoms with Gasteiger partial charge in [-0.05, 0) is 46.0 Å². The van der Waals surface area contributed by atoms with Gasteiger partial charge < -0.3 is 24.4 Å². The van der Waals surface area contributed by atoms with E-state index in [-0.39, 0.29) is 24.4 Å². The summed E-state index contributed by atoms with van der Waals surface area (Å²) in [6, 6.07) is -1.29. The first kappa shape index (κ1) is 30.1. The van der Waals surface area contributed by atoms with Crippen LogP contribution < -0.4 is 0 Å². The highest BCUT2D eigenvalue weighted by atomic mass is 32.2. The summed E-state index contributed by atoms with van der Waals surface area (Å²) >= 11 is 1.63. The number of carbonyl (C=O) groups excluding carboxylic acids is 3. The Morgan fingerprint density at radius 2 is 2.00 bits per heavy atom. The SMILES string of the molecule is C=CCCCCOC(=O)[C@@H]1[C@H]2C(=O)N([C@H](C)CO)C(C(=O)N(CC=C)CCN3CCOCC3)C23CC[C@@]1(C)S3. The van der Waals surface area contributed by atoms with Crippen molar-refractivity contribution >= 4 is 29.5 Å². The van der Waals surface area contributed by atoms with E-state index in [2.05, 4.69) is 18.1 Å². The van der Waals surface area contributed by atoms with Crippen LogP contribution in [0.15, 0.2) is 25.3 Å². The van der Waals surface area contributed by atoms with E-state index in [1.807, 2.05) is 13.0 Å². The Morgan fingerprint density at radius 1 is 1.26 bits per heavy atom. The molecule has 0 aromatic rings. The van der Waals surface area contributed by atoms with Crippen LogP contribution in [0.5, 0.6) is 0 Å². The minimum atomic E-state index is -0.751. The normalized spacial score (nSPS) is 32.6. The van der Waals surface area contributed by atoms with Gasteiger partial charge in [0, 0.05) is 37.5 Å². The first-order chi connectivity index (χ1) is 18.7. The average molecular weight is 564 g/mol. The molecule has 0 radical (unpaired) electrons. The molecule has 0 aliphatic carbocycles. The lowest BCUT2D eigenvalue weighted by Crippen LogP contribution is -2.57. The van der Waals surface area contributed by atoms with Crippen molar-refractivity contribution in [2.24, 2.45) is 11.8 Å². The lowest BCUT2D eigenvalue weighted by Gasteiger charge is -2.39. The molecule has 9 nitrogen and oxygen atoms in total. The topological polar surface area (TPSA) is 99.6 Å². The highest BCUT2D eigenvalue weighted by molar-refractivity contribution is 8.02. The summed E-state index contributed by atoms with van der Waals surface area (Å²) in [7, 11) is 0. The largest absolute Gasteiger partial charge is 0.465 e. The summed E-state index contributed by atoms with van der Waals surface area (Å²) in [5.41, 5.74) is 0. The van der Waals surface area contributed by atoms with Gasteiger partial charge in [0.25, 0.3) is 0 Å². The third kappa shape index (κ3) is 5.67. The molecule has 4 rings (SSSR count). The smallest absolute Gasteiger partial charge is 0.311 e. The number of amides is 2. The molecule has 4 heterocycles. The van der Waals surface area contributed by atoms with Crippen LogP contribution in [0, 0.1) is 11.8 Å². The van der Waals surface area contributed by atoms with Crippen molar-refractivity contribution in [1.82, 2.24) is 14.7 Å². The quantitative estimate of drug-likeness (QED) is 0.195. The number of nitrogens with zero attached hydrogens (tertiary/aromatic N) is 3. The standard InChI is InChI=1S/C29H45N3O6S/c1-5-7-8-9-17-38-27(36)23-22-25(34)32(21(3)20-33)24(29(22)11-10-28(23,4)39-29)26(35)31(12-6-2)14-13-30-15-18-37-19-16-30/h5-6,21-24,33H,1-2,7-20H2,3-4H3/t21-,22+,23+,24?,28-,29?/m1/s1. The molecular weight excluding hydrogens is 518 g/mol. The Kier molecular flexibility index (Phi) is 9.83. The number of ether oxygens (including phenoxy) is 2. The number of hydrogen-bond acceptors (Lipinski definition) is 8. The number of carbonyl (C=O) groups is 3. The molecule has 2 unspecified atom stereocenters. The van der Waals surface area contributed by atoms with Crippen molar-refractivity contribution < 1.29 is 29.0 Å². The van der Waals surface area contributed by atoms with Crippen LogP contribution in [0.3, 0.4) is 0 Å². The van der Waals surface area contributed by atoms with E-state index in [0.29, 0.717) is 45.9 Å². The Bertz CT molecular complexity index is 942. The number of fused-ring (bicyclic) bond motifs is 1. The van der Waals surface area contributed by atoms with E-state index >= 15 is 0 Å². The summed E-state index contributed by atoms with van der Waals surface area (Å²) in [4.78, 5) is 47.6. The van der Waals surface area contributed by atoms with Crippen molar-refractivity contribution in [1.29, 1.82) is 0 Å². The molecule has 1 spiro atoms. The first-order valence-electron chi connectivity index (χ1n) is 14.3. The van der Waals surface area contributed by atoms with Crippen LogP contribution in [0.1, 0.15) is 46.0 Å². The maximum Gasteiger partial charge on any atom is 0.311 e. The fraction of sp³-hybridized carbons (Fsp3) is 0.759. The van der Waals surface area contributed by atoms with Crippen molar-refractivity contribution in [2.45, 2.75) is 67.5 Å². The van der Waals surface area contributed by atoms with Crippen molar-refractivity contribution in [3.63, 3.8) is 0 Å². The van der Waals surface area contributed by atoms with E-state index in [9.17, 15) is 19.5 Å². The number of morpholine rings is 1. The van der Waals surface area contributed by atoms with Gasteiger partial charge in [-0.1, -0.05) is 12.2 Å². The van der Waals surface area contributed by atoms with Gasteiger partial charge >= 0.3 is 5.97 Å². The maximum atomic E-state index is 14.4. The molecule has 0 aromatic heterocycles. The van der Waals surface area contributed by atoms with Crippen LogP contribution in [0.4, 0.5) is 0 Å². The number of hydrogen-bond donors (Lipinski definition) is 1. The molecule has 1 N–H and O–H groups in total. The van der Waals surface area contributed by atoms with Crippen LogP contribution in [0.25, 0.3) is 0 Å².